The van der Waals surface area contributed by atoms with Gasteiger partial charge in [0.1, 0.15) is 5.75 Å². The summed E-state index contributed by atoms with van der Waals surface area (Å²) in [6.07, 6.45) is 4.44. The van der Waals surface area contributed by atoms with Crippen molar-refractivity contribution in [3.8, 4) is 5.75 Å². The zero-order valence-electron chi connectivity index (χ0n) is 18.1. The Kier molecular flexibility index (Phi) is 6.96. The quantitative estimate of drug-likeness (QED) is 0.635. The van der Waals surface area contributed by atoms with Gasteiger partial charge in [-0.25, -0.2) is 0 Å². The summed E-state index contributed by atoms with van der Waals surface area (Å²) in [5.41, 5.74) is 3.00. The highest BCUT2D eigenvalue weighted by molar-refractivity contribution is 5.78. The summed E-state index contributed by atoms with van der Waals surface area (Å²) < 4.78 is 12.9. The van der Waals surface area contributed by atoms with Crippen molar-refractivity contribution in [1.82, 2.24) is 14.7 Å². The SMILES string of the molecule is CCOC(=O)[C@@]1(Cc2cccc(OC)c2)CCCN(Cc2cnn(CC)c2C)C1. The summed E-state index contributed by atoms with van der Waals surface area (Å²) in [7, 11) is 1.67. The molecule has 0 spiro atoms. The minimum Gasteiger partial charge on any atom is -0.497 e. The van der Waals surface area contributed by atoms with Crippen molar-refractivity contribution in [3.63, 3.8) is 0 Å². The number of nitrogens with zero attached hydrogens (tertiary/aromatic N) is 3. The zero-order valence-corrected chi connectivity index (χ0v) is 18.1. The molecule has 1 saturated heterocycles. The molecule has 0 radical (unpaired) electrons. The Morgan fingerprint density at radius 3 is 2.83 bits per heavy atom. The van der Waals surface area contributed by atoms with E-state index in [0.717, 1.165) is 43.8 Å². The Bertz CT molecular complexity index is 833. The minimum absolute atomic E-state index is 0.0894. The van der Waals surface area contributed by atoms with E-state index >= 15 is 0 Å². The molecule has 0 unspecified atom stereocenters. The first-order valence-corrected chi connectivity index (χ1v) is 10.5. The second-order valence-electron chi connectivity index (χ2n) is 7.91. The molecular formula is C23H33N3O3. The number of ether oxygens (including phenoxy) is 2. The molecule has 0 aliphatic carbocycles. The van der Waals surface area contributed by atoms with Gasteiger partial charge in [-0.15, -0.1) is 0 Å². The van der Waals surface area contributed by atoms with Crippen LogP contribution in [0.25, 0.3) is 0 Å². The molecule has 1 aliphatic heterocycles. The largest absolute Gasteiger partial charge is 0.497 e. The molecule has 1 fully saturated rings. The Morgan fingerprint density at radius 2 is 2.14 bits per heavy atom. The van der Waals surface area contributed by atoms with Crippen molar-refractivity contribution < 1.29 is 14.3 Å². The molecule has 0 amide bonds. The van der Waals surface area contributed by atoms with Gasteiger partial charge in [-0.1, -0.05) is 12.1 Å². The molecule has 6 heteroatoms. The summed E-state index contributed by atoms with van der Waals surface area (Å²) in [5.74, 6) is 0.727. The maximum atomic E-state index is 13.1. The second-order valence-corrected chi connectivity index (χ2v) is 7.91. The number of benzene rings is 1. The summed E-state index contributed by atoms with van der Waals surface area (Å²) in [5, 5.41) is 4.47. The van der Waals surface area contributed by atoms with E-state index in [1.54, 1.807) is 7.11 Å². The highest BCUT2D eigenvalue weighted by Crippen LogP contribution is 2.36. The maximum absolute atomic E-state index is 13.1. The van der Waals surface area contributed by atoms with Crippen LogP contribution < -0.4 is 4.74 Å². The van der Waals surface area contributed by atoms with E-state index in [2.05, 4.69) is 29.9 Å². The van der Waals surface area contributed by atoms with Crippen LogP contribution in [0.1, 0.15) is 43.5 Å². The number of piperidine rings is 1. The number of likely N-dealkylation sites (tertiary alicyclic amines) is 1. The van der Waals surface area contributed by atoms with Crippen LogP contribution in [0.4, 0.5) is 0 Å². The van der Waals surface area contributed by atoms with Gasteiger partial charge in [0.05, 0.1) is 25.3 Å². The molecule has 1 aliphatic rings. The molecular weight excluding hydrogens is 366 g/mol. The summed E-state index contributed by atoms with van der Waals surface area (Å²) in [6, 6.07) is 8.01. The fourth-order valence-corrected chi connectivity index (χ4v) is 4.40. The second kappa shape index (κ2) is 9.44. The van der Waals surface area contributed by atoms with Gasteiger partial charge < -0.3 is 9.47 Å². The van der Waals surface area contributed by atoms with Crippen molar-refractivity contribution in [2.24, 2.45) is 5.41 Å². The van der Waals surface area contributed by atoms with Gasteiger partial charge >= 0.3 is 5.97 Å². The summed E-state index contributed by atoms with van der Waals surface area (Å²) >= 11 is 0. The molecule has 1 atom stereocenters. The highest BCUT2D eigenvalue weighted by atomic mass is 16.5. The number of rotatable bonds is 8. The number of hydrogen-bond acceptors (Lipinski definition) is 5. The molecule has 1 aromatic carbocycles. The molecule has 2 heterocycles. The van der Waals surface area contributed by atoms with Gasteiger partial charge in [-0.05, 0) is 64.3 Å². The predicted octanol–water partition coefficient (Wildman–Crippen LogP) is 3.61. The summed E-state index contributed by atoms with van der Waals surface area (Å²) in [6.45, 7) is 9.85. The van der Waals surface area contributed by atoms with E-state index in [1.807, 2.05) is 36.0 Å². The average Bonchev–Trinajstić information content (AvgIpc) is 3.08. The lowest BCUT2D eigenvalue weighted by atomic mass is 9.75. The first-order chi connectivity index (χ1) is 14.0. The lowest BCUT2D eigenvalue weighted by Gasteiger charge is -2.41. The lowest BCUT2D eigenvalue weighted by Crippen LogP contribution is -2.49. The predicted molar refractivity (Wildman–Crippen MR) is 113 cm³/mol. The number of carbonyl (C=O) groups excluding carboxylic acids is 1. The molecule has 1 aromatic heterocycles. The Labute approximate surface area is 173 Å². The van der Waals surface area contributed by atoms with E-state index in [-0.39, 0.29) is 5.97 Å². The topological polar surface area (TPSA) is 56.6 Å². The van der Waals surface area contributed by atoms with Gasteiger partial charge in [0.25, 0.3) is 0 Å². The first-order valence-electron chi connectivity index (χ1n) is 10.5. The van der Waals surface area contributed by atoms with Gasteiger partial charge in [0, 0.05) is 30.9 Å². The molecule has 6 nitrogen and oxygen atoms in total. The van der Waals surface area contributed by atoms with Gasteiger partial charge in [0.15, 0.2) is 0 Å². The number of esters is 1. The number of hydrogen-bond donors (Lipinski definition) is 0. The number of methoxy groups -OCH3 is 1. The van der Waals surface area contributed by atoms with Crippen molar-refractivity contribution in [2.75, 3.05) is 26.8 Å². The van der Waals surface area contributed by atoms with Crippen LogP contribution >= 0.6 is 0 Å². The monoisotopic (exact) mass is 399 g/mol. The highest BCUT2D eigenvalue weighted by Gasteiger charge is 2.43. The van der Waals surface area contributed by atoms with Crippen LogP contribution in [0.2, 0.25) is 0 Å². The van der Waals surface area contributed by atoms with E-state index in [4.69, 9.17) is 9.47 Å². The normalized spacial score (nSPS) is 19.9. The minimum atomic E-state index is -0.532. The van der Waals surface area contributed by atoms with E-state index in [0.29, 0.717) is 19.6 Å². The number of carbonyl (C=O) groups is 1. The Hall–Kier alpha value is -2.34. The third-order valence-corrected chi connectivity index (χ3v) is 5.94. The fourth-order valence-electron chi connectivity index (χ4n) is 4.40. The molecule has 3 rings (SSSR count). The number of aromatic nitrogens is 2. The third kappa shape index (κ3) is 4.81. The first kappa shape index (κ1) is 21.4. The third-order valence-electron chi connectivity index (χ3n) is 5.94. The van der Waals surface area contributed by atoms with E-state index in [9.17, 15) is 4.79 Å². The van der Waals surface area contributed by atoms with Crippen molar-refractivity contribution >= 4 is 5.97 Å². The van der Waals surface area contributed by atoms with Crippen molar-refractivity contribution in [2.45, 2.75) is 53.1 Å². The van der Waals surface area contributed by atoms with Gasteiger partial charge in [0.2, 0.25) is 0 Å². The van der Waals surface area contributed by atoms with Crippen LogP contribution in [0.3, 0.4) is 0 Å². The zero-order chi connectivity index (χ0) is 20.9. The molecule has 0 bridgehead atoms. The van der Waals surface area contributed by atoms with Crippen LogP contribution in [0.15, 0.2) is 30.5 Å². The average molecular weight is 400 g/mol. The Balaban J connectivity index is 1.83. The van der Waals surface area contributed by atoms with Gasteiger partial charge in [-0.3, -0.25) is 14.4 Å². The standard InChI is InChI=1S/C23H33N3O3/c1-5-26-18(3)20(15-24-26)16-25-12-8-11-23(17-25,22(27)29-6-2)14-19-9-7-10-21(13-19)28-4/h7,9-10,13,15H,5-6,8,11-12,14,16-17H2,1-4H3/t23-/m1/s1. The maximum Gasteiger partial charge on any atom is 0.313 e. The fraction of sp³-hybridized carbons (Fsp3) is 0.565. The van der Waals surface area contributed by atoms with Crippen molar-refractivity contribution in [1.29, 1.82) is 0 Å². The number of aryl methyl sites for hydroxylation is 1. The molecule has 2 aromatic rings. The van der Waals surface area contributed by atoms with Crippen LogP contribution in [0, 0.1) is 12.3 Å². The lowest BCUT2D eigenvalue weighted by molar-refractivity contribution is -0.159. The van der Waals surface area contributed by atoms with E-state index in [1.165, 1.54) is 11.3 Å². The summed E-state index contributed by atoms with van der Waals surface area (Å²) in [4.78, 5) is 15.5. The molecule has 158 valence electrons. The smallest absolute Gasteiger partial charge is 0.313 e. The van der Waals surface area contributed by atoms with Crippen LogP contribution in [0.5, 0.6) is 5.75 Å². The van der Waals surface area contributed by atoms with E-state index < -0.39 is 5.41 Å². The van der Waals surface area contributed by atoms with Crippen molar-refractivity contribution in [3.05, 3.63) is 47.3 Å². The Morgan fingerprint density at radius 1 is 1.31 bits per heavy atom. The van der Waals surface area contributed by atoms with Crippen LogP contribution in [-0.2, 0) is 29.0 Å². The molecule has 29 heavy (non-hydrogen) atoms. The molecule has 0 N–H and O–H groups in total. The van der Waals surface area contributed by atoms with Gasteiger partial charge in [-0.2, -0.15) is 5.10 Å². The van der Waals surface area contributed by atoms with Crippen LogP contribution in [-0.4, -0.2) is 47.5 Å². The molecule has 0 saturated carbocycles.